The maximum absolute atomic E-state index is 12.2. The third-order valence-electron chi connectivity index (χ3n) is 3.65. The summed E-state index contributed by atoms with van der Waals surface area (Å²) < 4.78 is 31.1. The highest BCUT2D eigenvalue weighted by Gasteiger charge is 2.31. The summed E-state index contributed by atoms with van der Waals surface area (Å²) in [4.78, 5) is 12.2. The lowest BCUT2D eigenvalue weighted by atomic mass is 9.98. The highest BCUT2D eigenvalue weighted by molar-refractivity contribution is 9.10. The molecule has 1 aliphatic rings. The number of ether oxygens (including phenoxy) is 1. The van der Waals surface area contributed by atoms with Gasteiger partial charge in [-0.3, -0.25) is 4.79 Å². The van der Waals surface area contributed by atoms with Crippen LogP contribution in [0.5, 0.6) is 5.75 Å². The molecule has 8 heteroatoms. The van der Waals surface area contributed by atoms with Gasteiger partial charge in [0, 0.05) is 17.6 Å². The Labute approximate surface area is 143 Å². The van der Waals surface area contributed by atoms with E-state index in [1.807, 2.05) is 0 Å². The largest absolute Gasteiger partial charge is 0.425 e. The highest BCUT2D eigenvalue weighted by atomic mass is 79.9. The highest BCUT2D eigenvalue weighted by Crippen LogP contribution is 2.29. The number of esters is 1. The zero-order valence-electron chi connectivity index (χ0n) is 12.1. The number of benzene rings is 1. The van der Waals surface area contributed by atoms with Gasteiger partial charge in [0.2, 0.25) is 10.0 Å². The van der Waals surface area contributed by atoms with Gasteiger partial charge in [0.1, 0.15) is 5.75 Å². The van der Waals surface area contributed by atoms with Crippen LogP contribution in [0.25, 0.3) is 0 Å². The number of halogens is 2. The van der Waals surface area contributed by atoms with Crippen molar-refractivity contribution in [3.8, 4) is 5.75 Å². The molecule has 1 aromatic carbocycles. The summed E-state index contributed by atoms with van der Waals surface area (Å²) in [5.74, 6) is -0.268. The quantitative estimate of drug-likeness (QED) is 0.565. The Bertz CT molecular complexity index is 657. The molecular formula is C14H17BrClNO4S. The third kappa shape index (κ3) is 4.22. The van der Waals surface area contributed by atoms with E-state index in [1.165, 1.54) is 4.31 Å². The fraction of sp³-hybridized carbons (Fsp3) is 0.500. The number of hydrogen-bond donors (Lipinski definition) is 0. The molecule has 0 saturated carbocycles. The smallest absolute Gasteiger partial charge is 0.314 e. The van der Waals surface area contributed by atoms with Crippen LogP contribution in [-0.4, -0.2) is 37.5 Å². The minimum atomic E-state index is -3.19. The average Bonchev–Trinajstić information content (AvgIpc) is 2.50. The van der Waals surface area contributed by atoms with Gasteiger partial charge in [0.15, 0.2) is 0 Å². The van der Waals surface area contributed by atoms with E-state index in [9.17, 15) is 13.2 Å². The average molecular weight is 411 g/mol. The van der Waals surface area contributed by atoms with Crippen LogP contribution < -0.4 is 4.74 Å². The Morgan fingerprint density at radius 1 is 1.41 bits per heavy atom. The van der Waals surface area contributed by atoms with Crippen LogP contribution in [0.15, 0.2) is 22.7 Å². The van der Waals surface area contributed by atoms with Crippen molar-refractivity contribution in [1.29, 1.82) is 0 Å². The first-order valence-corrected chi connectivity index (χ1v) is 9.76. The van der Waals surface area contributed by atoms with E-state index in [0.717, 1.165) is 4.47 Å². The Morgan fingerprint density at radius 3 is 2.59 bits per heavy atom. The van der Waals surface area contributed by atoms with Crippen molar-refractivity contribution < 1.29 is 17.9 Å². The second-order valence-electron chi connectivity index (χ2n) is 5.07. The van der Waals surface area contributed by atoms with E-state index < -0.39 is 10.0 Å². The minimum Gasteiger partial charge on any atom is -0.425 e. The van der Waals surface area contributed by atoms with Crippen molar-refractivity contribution >= 4 is 43.5 Å². The summed E-state index contributed by atoms with van der Waals surface area (Å²) in [6, 6.07) is 5.02. The molecule has 0 radical (unpaired) electrons. The molecule has 1 aromatic rings. The lowest BCUT2D eigenvalue weighted by Gasteiger charge is -2.29. The van der Waals surface area contributed by atoms with Crippen molar-refractivity contribution in [3.05, 3.63) is 27.7 Å². The number of carbonyl (C=O) groups is 1. The monoisotopic (exact) mass is 409 g/mol. The van der Waals surface area contributed by atoms with Crippen molar-refractivity contribution in [3.63, 3.8) is 0 Å². The maximum Gasteiger partial charge on any atom is 0.314 e. The first-order chi connectivity index (χ1) is 10.3. The van der Waals surface area contributed by atoms with Gasteiger partial charge in [-0.1, -0.05) is 27.5 Å². The van der Waals surface area contributed by atoms with E-state index >= 15 is 0 Å². The van der Waals surface area contributed by atoms with Gasteiger partial charge in [-0.2, -0.15) is 0 Å². The minimum absolute atomic E-state index is 0.0800. The van der Waals surface area contributed by atoms with Crippen molar-refractivity contribution in [2.75, 3.05) is 18.8 Å². The summed E-state index contributed by atoms with van der Waals surface area (Å²) in [6.45, 7) is 2.32. The zero-order chi connectivity index (χ0) is 16.3. The molecule has 0 aromatic heterocycles. The second-order valence-corrected chi connectivity index (χ2v) is 8.65. The molecule has 0 atom stereocenters. The molecule has 0 amide bonds. The fourth-order valence-corrected chi connectivity index (χ4v) is 4.15. The Balaban J connectivity index is 1.95. The van der Waals surface area contributed by atoms with E-state index in [-0.39, 0.29) is 17.6 Å². The molecule has 2 rings (SSSR count). The molecule has 1 heterocycles. The van der Waals surface area contributed by atoms with E-state index in [0.29, 0.717) is 36.7 Å². The summed E-state index contributed by atoms with van der Waals surface area (Å²) >= 11 is 9.30. The fourth-order valence-electron chi connectivity index (χ4n) is 2.30. The van der Waals surface area contributed by atoms with Crippen molar-refractivity contribution in [2.45, 2.75) is 19.8 Å². The molecule has 1 fully saturated rings. The van der Waals surface area contributed by atoms with Gasteiger partial charge in [0.25, 0.3) is 0 Å². The van der Waals surface area contributed by atoms with E-state index in [4.69, 9.17) is 16.3 Å². The van der Waals surface area contributed by atoms with Crippen molar-refractivity contribution in [1.82, 2.24) is 4.31 Å². The van der Waals surface area contributed by atoms with Crippen molar-refractivity contribution in [2.24, 2.45) is 5.92 Å². The Hall–Kier alpha value is -0.630. The first kappa shape index (κ1) is 17.7. The van der Waals surface area contributed by atoms with Crippen LogP contribution in [0.1, 0.15) is 19.8 Å². The standard InChI is InChI=1S/C14H17BrClNO4S/c1-2-22(19,20)17-7-5-10(6-8-17)14(18)21-13-4-3-11(15)9-12(13)16/h3-4,9-10H,2,5-8H2,1H3. The molecule has 0 spiro atoms. The molecule has 1 saturated heterocycles. The molecule has 0 bridgehead atoms. The Morgan fingerprint density at radius 2 is 2.05 bits per heavy atom. The molecular weight excluding hydrogens is 394 g/mol. The lowest BCUT2D eigenvalue weighted by molar-refractivity contribution is -0.140. The number of hydrogen-bond acceptors (Lipinski definition) is 4. The number of sulfonamides is 1. The zero-order valence-corrected chi connectivity index (χ0v) is 15.2. The number of nitrogens with zero attached hydrogens (tertiary/aromatic N) is 1. The maximum atomic E-state index is 12.2. The number of rotatable bonds is 4. The van der Waals surface area contributed by atoms with E-state index in [2.05, 4.69) is 15.9 Å². The van der Waals surface area contributed by atoms with Crippen LogP contribution in [0.4, 0.5) is 0 Å². The third-order valence-corrected chi connectivity index (χ3v) is 6.32. The number of piperidine rings is 1. The molecule has 5 nitrogen and oxygen atoms in total. The molecule has 22 heavy (non-hydrogen) atoms. The summed E-state index contributed by atoms with van der Waals surface area (Å²) in [5, 5.41) is 0.355. The topological polar surface area (TPSA) is 63.7 Å². The summed E-state index contributed by atoms with van der Waals surface area (Å²) in [5.41, 5.74) is 0. The van der Waals surface area contributed by atoms with E-state index in [1.54, 1.807) is 25.1 Å². The van der Waals surface area contributed by atoms with Gasteiger partial charge in [-0.05, 0) is 38.0 Å². The predicted octanol–water partition coefficient (Wildman–Crippen LogP) is 3.07. The van der Waals surface area contributed by atoms with Crippen LogP contribution in [-0.2, 0) is 14.8 Å². The molecule has 0 unspecified atom stereocenters. The second kappa shape index (κ2) is 7.29. The van der Waals surface area contributed by atoms with Gasteiger partial charge in [-0.15, -0.1) is 0 Å². The predicted molar refractivity (Wildman–Crippen MR) is 88.5 cm³/mol. The van der Waals surface area contributed by atoms with Gasteiger partial charge < -0.3 is 4.74 Å². The summed E-state index contributed by atoms with van der Waals surface area (Å²) in [7, 11) is -3.19. The normalized spacial score (nSPS) is 17.4. The van der Waals surface area contributed by atoms with Gasteiger partial charge >= 0.3 is 5.97 Å². The lowest BCUT2D eigenvalue weighted by Crippen LogP contribution is -2.41. The summed E-state index contributed by atoms with van der Waals surface area (Å²) in [6.07, 6.45) is 0.929. The molecule has 1 aliphatic heterocycles. The Kier molecular flexibility index (Phi) is 5.87. The van der Waals surface area contributed by atoms with Gasteiger partial charge in [-0.25, -0.2) is 12.7 Å². The van der Waals surface area contributed by atoms with Crippen LogP contribution in [0.3, 0.4) is 0 Å². The first-order valence-electron chi connectivity index (χ1n) is 6.98. The van der Waals surface area contributed by atoms with Crippen LogP contribution >= 0.6 is 27.5 Å². The molecule has 0 aliphatic carbocycles. The molecule has 0 N–H and O–H groups in total. The SMILES string of the molecule is CCS(=O)(=O)N1CCC(C(=O)Oc2ccc(Br)cc2Cl)CC1. The van der Waals surface area contributed by atoms with Gasteiger partial charge in [0.05, 0.1) is 16.7 Å². The van der Waals surface area contributed by atoms with Crippen LogP contribution in [0.2, 0.25) is 5.02 Å². The number of carbonyl (C=O) groups excluding carboxylic acids is 1. The molecule has 122 valence electrons. The van der Waals surface area contributed by atoms with Crippen LogP contribution in [0, 0.1) is 5.92 Å².